The molecule has 1 aromatic carbocycles. The Labute approximate surface area is 161 Å². The lowest BCUT2D eigenvalue weighted by Crippen LogP contribution is -2.11. The van der Waals surface area contributed by atoms with Crippen LogP contribution < -0.4 is 5.73 Å². The summed E-state index contributed by atoms with van der Waals surface area (Å²) in [5.74, 6) is -0.594. The first-order valence-corrected chi connectivity index (χ1v) is 8.45. The quantitative estimate of drug-likeness (QED) is 0.682. The highest BCUT2D eigenvalue weighted by Crippen LogP contribution is 2.22. The molecule has 138 valence electrons. The van der Waals surface area contributed by atoms with E-state index in [4.69, 9.17) is 5.73 Å². The Balaban J connectivity index is 2.38. The van der Waals surface area contributed by atoms with Crippen LogP contribution in [0, 0.1) is 0 Å². The summed E-state index contributed by atoms with van der Waals surface area (Å²) in [6.45, 7) is 0. The highest BCUT2D eigenvalue weighted by Gasteiger charge is 1.99. The molecule has 7 heteroatoms. The standard InChI is InChI=1S/C21H18N6O/c22-21(28)20-6-9-24-11-13-25-12-10-23-7-1-2-16-3-4-17-14-26-8-5-18(17)19(16)15-27-20/h1-15,27H,(H2,22,28). The molecule has 0 aliphatic heterocycles. The van der Waals surface area contributed by atoms with Crippen molar-refractivity contribution in [2.24, 2.45) is 5.73 Å². The molecule has 0 unspecified atom stereocenters. The number of pyridine rings is 1. The second-order valence-corrected chi connectivity index (χ2v) is 5.60. The zero-order valence-electron chi connectivity index (χ0n) is 14.9. The van der Waals surface area contributed by atoms with Gasteiger partial charge in [0.2, 0.25) is 0 Å². The number of hydrogen-bond donors (Lipinski definition) is 2. The molecule has 0 saturated heterocycles. The Kier molecular flexibility index (Phi) is 6.35. The van der Waals surface area contributed by atoms with Gasteiger partial charge in [0.15, 0.2) is 0 Å². The van der Waals surface area contributed by atoms with Crippen LogP contribution in [0.5, 0.6) is 0 Å². The summed E-state index contributed by atoms with van der Waals surface area (Å²) in [5.41, 5.74) is 5.67. The number of nitrogens with two attached hydrogens (primary N) is 1. The number of carbonyl (C=O) groups excluding carboxylic acids is 1. The van der Waals surface area contributed by atoms with Gasteiger partial charge >= 0.3 is 0 Å². The maximum absolute atomic E-state index is 11.7. The fourth-order valence-corrected chi connectivity index (χ4v) is 2.48. The first-order chi connectivity index (χ1) is 13.8. The van der Waals surface area contributed by atoms with Crippen LogP contribution in [0.1, 0.15) is 10.5 Å². The summed E-state index contributed by atoms with van der Waals surface area (Å²) in [4.78, 5) is 31.0. The number of primary amides is 1. The van der Waals surface area contributed by atoms with E-state index in [2.05, 4.69) is 24.9 Å². The van der Waals surface area contributed by atoms with Crippen molar-refractivity contribution in [1.82, 2.24) is 24.9 Å². The molecular formula is C21H18N6O. The van der Waals surface area contributed by atoms with Crippen LogP contribution in [0.15, 0.2) is 92.2 Å². The summed E-state index contributed by atoms with van der Waals surface area (Å²) in [6.07, 6.45) is 14.5. The predicted octanol–water partition coefficient (Wildman–Crippen LogP) is 3.37. The van der Waals surface area contributed by atoms with Gasteiger partial charge in [-0.15, -0.1) is 0 Å². The summed E-state index contributed by atoms with van der Waals surface area (Å²) in [6, 6.07) is 11.1. The zero-order valence-corrected chi connectivity index (χ0v) is 14.9. The molecule has 0 bridgehead atoms. The number of aromatic amines is 1. The molecule has 0 fully saturated rings. The highest BCUT2D eigenvalue weighted by molar-refractivity contribution is 6.06. The van der Waals surface area contributed by atoms with Crippen molar-refractivity contribution in [1.29, 1.82) is 0 Å². The third-order valence-corrected chi connectivity index (χ3v) is 3.79. The lowest BCUT2D eigenvalue weighted by molar-refractivity contribution is 0.0995. The van der Waals surface area contributed by atoms with E-state index in [0.29, 0.717) is 0 Å². The summed E-state index contributed by atoms with van der Waals surface area (Å²) in [7, 11) is 0. The van der Waals surface area contributed by atoms with Crippen LogP contribution in [-0.2, 0) is 0 Å². The molecular weight excluding hydrogens is 352 g/mol. The van der Waals surface area contributed by atoms with Gasteiger partial charge in [0.05, 0.1) is 0 Å². The number of rotatable bonds is 1. The molecule has 0 aliphatic carbocycles. The summed E-state index contributed by atoms with van der Waals surface area (Å²) >= 11 is 0. The monoisotopic (exact) mass is 370 g/mol. The molecule has 0 radical (unpaired) electrons. The maximum atomic E-state index is 11.7. The van der Waals surface area contributed by atoms with E-state index in [9.17, 15) is 4.79 Å². The molecule has 28 heavy (non-hydrogen) atoms. The number of fused-ring (bicyclic) bond motifs is 3. The molecule has 3 aromatic rings. The molecule has 0 spiro atoms. The Bertz CT molecular complexity index is 1170. The molecule has 3 rings (SSSR count). The van der Waals surface area contributed by atoms with Crippen LogP contribution in [0.2, 0.25) is 0 Å². The summed E-state index contributed by atoms with van der Waals surface area (Å²) in [5, 5.41) is 3.80. The van der Waals surface area contributed by atoms with Gasteiger partial charge in [0.25, 0.3) is 5.91 Å². The van der Waals surface area contributed by atoms with Gasteiger partial charge in [-0.2, -0.15) is 0 Å². The lowest BCUT2D eigenvalue weighted by Gasteiger charge is -2.01. The van der Waals surface area contributed by atoms with Gasteiger partial charge < -0.3 is 10.7 Å². The molecule has 0 atom stereocenters. The SMILES string of the molecule is NC(=O)c1ccnccnccncccc2ccc3cnccc3c2c[nH]1. The minimum Gasteiger partial charge on any atom is -0.364 e. The van der Waals surface area contributed by atoms with E-state index in [-0.39, 0.29) is 5.69 Å². The number of nitrogens with zero attached hydrogens (tertiary/aromatic N) is 4. The molecule has 7 nitrogen and oxygen atoms in total. The van der Waals surface area contributed by atoms with Crippen LogP contribution >= 0.6 is 0 Å². The largest absolute Gasteiger partial charge is 0.364 e. The van der Waals surface area contributed by atoms with E-state index in [1.807, 2.05) is 30.3 Å². The third-order valence-electron chi connectivity index (χ3n) is 3.79. The first kappa shape index (κ1) is 18.7. The number of H-pyrrole nitrogens is 1. The third kappa shape index (κ3) is 4.95. The molecule has 2 aromatic heterocycles. The van der Waals surface area contributed by atoms with Crippen molar-refractivity contribution in [3.05, 3.63) is 97.9 Å². The van der Waals surface area contributed by atoms with Crippen molar-refractivity contribution in [3.8, 4) is 0 Å². The van der Waals surface area contributed by atoms with Gasteiger partial charge in [-0.3, -0.25) is 24.7 Å². The number of hydrogen-bond acceptors (Lipinski definition) is 5. The maximum Gasteiger partial charge on any atom is 0.265 e. The number of benzene rings is 1. The Morgan fingerprint density at radius 3 is 2.18 bits per heavy atom. The first-order valence-electron chi connectivity index (χ1n) is 8.45. The van der Waals surface area contributed by atoms with Gasteiger partial charge in [-0.1, -0.05) is 18.2 Å². The van der Waals surface area contributed by atoms with Crippen molar-refractivity contribution in [3.63, 3.8) is 0 Å². The van der Waals surface area contributed by atoms with E-state index < -0.39 is 5.91 Å². The Morgan fingerprint density at radius 2 is 1.39 bits per heavy atom. The minimum absolute atomic E-state index is 0.209. The Morgan fingerprint density at radius 1 is 0.714 bits per heavy atom. The molecule has 0 saturated carbocycles. The van der Waals surface area contributed by atoms with Crippen LogP contribution in [-0.4, -0.2) is 30.8 Å². The predicted molar refractivity (Wildman–Crippen MR) is 108 cm³/mol. The molecule has 2 heterocycles. The van der Waals surface area contributed by atoms with E-state index in [1.54, 1.807) is 37.2 Å². The number of amides is 1. The van der Waals surface area contributed by atoms with Gasteiger partial charge in [0.1, 0.15) is 5.69 Å². The van der Waals surface area contributed by atoms with Crippen molar-refractivity contribution in [2.75, 3.05) is 0 Å². The second kappa shape index (κ2) is 9.54. The fraction of sp³-hybridized carbons (Fsp3) is 0. The van der Waals surface area contributed by atoms with Crippen molar-refractivity contribution >= 4 is 27.5 Å². The minimum atomic E-state index is -0.594. The number of carbonyl (C=O) groups is 1. The highest BCUT2D eigenvalue weighted by atomic mass is 16.1. The second-order valence-electron chi connectivity index (χ2n) is 5.60. The molecule has 1 amide bonds. The normalized spacial score (nSPS) is 9.71. The number of aromatic nitrogens is 5. The average Bonchev–Trinajstić information content (AvgIpc) is 2.71. The van der Waals surface area contributed by atoms with Gasteiger partial charge in [-0.25, -0.2) is 0 Å². The zero-order chi connectivity index (χ0) is 19.6. The van der Waals surface area contributed by atoms with Crippen LogP contribution in [0.4, 0.5) is 0 Å². The molecule has 0 aliphatic rings. The lowest BCUT2D eigenvalue weighted by atomic mass is 10.1. The van der Waals surface area contributed by atoms with E-state index >= 15 is 0 Å². The van der Waals surface area contributed by atoms with Crippen LogP contribution in [0.25, 0.3) is 21.5 Å². The summed E-state index contributed by atoms with van der Waals surface area (Å²) < 4.78 is 0. The van der Waals surface area contributed by atoms with Crippen LogP contribution in [0.3, 0.4) is 0 Å². The fourth-order valence-electron chi connectivity index (χ4n) is 2.48. The molecule has 3 N–H and O–H groups in total. The smallest absolute Gasteiger partial charge is 0.265 e. The topological polar surface area (TPSA) is 110 Å². The van der Waals surface area contributed by atoms with E-state index in [1.165, 1.54) is 24.7 Å². The van der Waals surface area contributed by atoms with Crippen molar-refractivity contribution in [2.45, 2.75) is 0 Å². The van der Waals surface area contributed by atoms with E-state index in [0.717, 1.165) is 21.5 Å². The van der Waals surface area contributed by atoms with Gasteiger partial charge in [0, 0.05) is 66.5 Å². The van der Waals surface area contributed by atoms with Gasteiger partial charge in [-0.05, 0) is 29.0 Å². The van der Waals surface area contributed by atoms with Crippen molar-refractivity contribution < 1.29 is 4.79 Å². The Hall–Kier alpha value is -4.13. The number of nitrogens with one attached hydrogen (secondary N) is 1. The average molecular weight is 370 g/mol.